The number of hydrogen-bond donors (Lipinski definition) is 0. The van der Waals surface area contributed by atoms with Crippen LogP contribution in [0.2, 0.25) is 18.6 Å². The van der Waals surface area contributed by atoms with Crippen molar-refractivity contribution in [1.29, 1.82) is 0 Å². The van der Waals surface area contributed by atoms with Crippen molar-refractivity contribution < 1.29 is 14.0 Å². The van der Waals surface area contributed by atoms with Crippen LogP contribution in [0, 0.1) is 0 Å². The first kappa shape index (κ1) is 12.5. The van der Waals surface area contributed by atoms with E-state index in [-0.39, 0.29) is 5.97 Å². The van der Waals surface area contributed by atoms with E-state index in [9.17, 15) is 4.79 Å². The number of carbonyl (C=O) groups excluding carboxylic acids is 1. The highest BCUT2D eigenvalue weighted by Crippen LogP contribution is 2.28. The molecule has 1 fully saturated rings. The van der Waals surface area contributed by atoms with E-state index < -0.39 is 8.32 Å². The fourth-order valence-electron chi connectivity index (χ4n) is 1.93. The van der Waals surface area contributed by atoms with Crippen molar-refractivity contribution in [3.05, 3.63) is 12.7 Å². The summed E-state index contributed by atoms with van der Waals surface area (Å²) in [6.07, 6.45) is 5.13. The summed E-state index contributed by atoms with van der Waals surface area (Å²) in [4.78, 5) is 10.8. The van der Waals surface area contributed by atoms with Gasteiger partial charge in [0.2, 0.25) is 0 Å². The van der Waals surface area contributed by atoms with E-state index >= 15 is 0 Å². The molecule has 0 unspecified atom stereocenters. The summed E-state index contributed by atoms with van der Waals surface area (Å²) in [6, 6.07) is 2.50. The summed E-state index contributed by atoms with van der Waals surface area (Å²) in [6.45, 7) is 6.51. The molecule has 86 valence electrons. The molecule has 0 aliphatic carbocycles. The van der Waals surface area contributed by atoms with Gasteiger partial charge in [-0.3, -0.25) is 0 Å². The monoisotopic (exact) mass is 228 g/mol. The molecule has 0 aromatic heterocycles. The quantitative estimate of drug-likeness (QED) is 0.314. The molecule has 0 N–H and O–H groups in total. The van der Waals surface area contributed by atoms with Crippen LogP contribution >= 0.6 is 0 Å². The van der Waals surface area contributed by atoms with Crippen LogP contribution in [0.15, 0.2) is 12.7 Å². The summed E-state index contributed by atoms with van der Waals surface area (Å²) in [7, 11) is -1.44. The molecule has 0 bridgehead atoms. The zero-order valence-corrected chi connectivity index (χ0v) is 10.5. The highest BCUT2D eigenvalue weighted by Gasteiger charge is 2.30. The minimum Gasteiger partial charge on any atom is -0.460 e. The Hall–Kier alpha value is -0.613. The number of rotatable bonds is 5. The van der Waals surface area contributed by atoms with E-state index in [1.807, 2.05) is 0 Å². The lowest BCUT2D eigenvalue weighted by molar-refractivity contribution is -0.138. The minimum absolute atomic E-state index is 0.355. The Morgan fingerprint density at radius 2 is 2.00 bits per heavy atom. The lowest BCUT2D eigenvalue weighted by atomic mass is 10.3. The third-order valence-corrected chi connectivity index (χ3v) is 6.58. The smallest absolute Gasteiger partial charge is 0.330 e. The molecule has 0 atom stereocenters. The van der Waals surface area contributed by atoms with Crippen LogP contribution < -0.4 is 0 Å². The summed E-state index contributed by atoms with van der Waals surface area (Å²) < 4.78 is 10.8. The van der Waals surface area contributed by atoms with E-state index in [1.165, 1.54) is 37.4 Å². The van der Waals surface area contributed by atoms with Gasteiger partial charge in [-0.05, 0) is 18.6 Å². The van der Waals surface area contributed by atoms with Crippen LogP contribution in [0.25, 0.3) is 0 Å². The van der Waals surface area contributed by atoms with Gasteiger partial charge in [-0.25, -0.2) is 4.79 Å². The molecule has 0 aromatic carbocycles. The molecular weight excluding hydrogens is 208 g/mol. The van der Waals surface area contributed by atoms with Gasteiger partial charge in [0, 0.05) is 6.08 Å². The number of esters is 1. The van der Waals surface area contributed by atoms with Crippen molar-refractivity contribution in [2.45, 2.75) is 37.9 Å². The standard InChI is InChI=1S/C11H20O3Si/c1-3-11(12)13-7-8-14-15(2)9-5-4-6-10-15/h3H,1,4-10H2,2H3. The molecule has 15 heavy (non-hydrogen) atoms. The van der Waals surface area contributed by atoms with Crippen molar-refractivity contribution >= 4 is 14.3 Å². The second-order valence-electron chi connectivity index (χ2n) is 4.23. The van der Waals surface area contributed by atoms with Gasteiger partial charge in [-0.1, -0.05) is 25.8 Å². The second-order valence-corrected chi connectivity index (χ2v) is 8.42. The fraction of sp³-hybridized carbons (Fsp3) is 0.727. The third kappa shape index (κ3) is 4.62. The molecule has 0 spiro atoms. The Morgan fingerprint density at radius 3 is 2.60 bits per heavy atom. The number of hydrogen-bond acceptors (Lipinski definition) is 3. The molecule has 3 nitrogen and oxygen atoms in total. The van der Waals surface area contributed by atoms with Crippen molar-refractivity contribution in [2.24, 2.45) is 0 Å². The Kier molecular flexibility index (Phi) is 5.05. The fourth-order valence-corrected chi connectivity index (χ4v) is 5.04. The molecule has 0 aromatic rings. The topological polar surface area (TPSA) is 35.5 Å². The van der Waals surface area contributed by atoms with E-state index in [4.69, 9.17) is 9.16 Å². The molecule has 1 aliphatic rings. The SMILES string of the molecule is C=CC(=O)OCCO[Si]1(C)CCCCC1. The van der Waals surface area contributed by atoms with E-state index in [0.29, 0.717) is 13.2 Å². The molecule has 1 rings (SSSR count). The maximum Gasteiger partial charge on any atom is 0.330 e. The number of ether oxygens (including phenoxy) is 1. The Labute approximate surface area is 92.6 Å². The van der Waals surface area contributed by atoms with Gasteiger partial charge in [0.25, 0.3) is 0 Å². The van der Waals surface area contributed by atoms with Gasteiger partial charge in [0.15, 0.2) is 8.32 Å². The molecule has 1 saturated heterocycles. The molecule has 0 amide bonds. The minimum atomic E-state index is -1.44. The van der Waals surface area contributed by atoms with Gasteiger partial charge in [0.1, 0.15) is 6.61 Å². The van der Waals surface area contributed by atoms with Gasteiger partial charge >= 0.3 is 5.97 Å². The van der Waals surface area contributed by atoms with Gasteiger partial charge in [-0.2, -0.15) is 0 Å². The van der Waals surface area contributed by atoms with Crippen LogP contribution in [0.1, 0.15) is 19.3 Å². The first-order chi connectivity index (χ1) is 7.16. The first-order valence-electron chi connectivity index (χ1n) is 5.59. The average molecular weight is 228 g/mol. The van der Waals surface area contributed by atoms with Crippen LogP contribution in [-0.4, -0.2) is 27.5 Å². The molecule has 1 heterocycles. The molecule has 0 saturated carbocycles. The maximum atomic E-state index is 10.8. The lowest BCUT2D eigenvalue weighted by Crippen LogP contribution is -2.37. The van der Waals surface area contributed by atoms with Gasteiger partial charge in [-0.15, -0.1) is 0 Å². The molecule has 0 radical (unpaired) electrons. The normalized spacial score (nSPS) is 19.5. The van der Waals surface area contributed by atoms with Crippen LogP contribution in [0.3, 0.4) is 0 Å². The Morgan fingerprint density at radius 1 is 1.33 bits per heavy atom. The lowest BCUT2D eigenvalue weighted by Gasteiger charge is -2.30. The van der Waals surface area contributed by atoms with Crippen LogP contribution in [0.4, 0.5) is 0 Å². The summed E-state index contributed by atoms with van der Waals surface area (Å²) in [5.74, 6) is -0.367. The van der Waals surface area contributed by atoms with E-state index in [2.05, 4.69) is 13.1 Å². The first-order valence-corrected chi connectivity index (χ1v) is 8.42. The summed E-state index contributed by atoms with van der Waals surface area (Å²) in [5, 5.41) is 0. The highest BCUT2D eigenvalue weighted by atomic mass is 28.4. The van der Waals surface area contributed by atoms with E-state index in [1.54, 1.807) is 0 Å². The Balaban J connectivity index is 2.13. The second kappa shape index (κ2) is 6.08. The predicted octanol–water partition coefficient (Wildman–Crippen LogP) is 2.49. The zero-order valence-electron chi connectivity index (χ0n) is 9.46. The molecule has 1 aliphatic heterocycles. The van der Waals surface area contributed by atoms with Crippen molar-refractivity contribution in [1.82, 2.24) is 0 Å². The average Bonchev–Trinajstić information content (AvgIpc) is 2.25. The molecular formula is C11H20O3Si. The van der Waals surface area contributed by atoms with Gasteiger partial charge in [0.05, 0.1) is 6.61 Å². The summed E-state index contributed by atoms with van der Waals surface area (Å²) >= 11 is 0. The highest BCUT2D eigenvalue weighted by molar-refractivity contribution is 6.72. The van der Waals surface area contributed by atoms with Crippen LogP contribution in [0.5, 0.6) is 0 Å². The van der Waals surface area contributed by atoms with Gasteiger partial charge < -0.3 is 9.16 Å². The molecule has 4 heteroatoms. The van der Waals surface area contributed by atoms with E-state index in [0.717, 1.165) is 0 Å². The largest absolute Gasteiger partial charge is 0.460 e. The van der Waals surface area contributed by atoms with Crippen molar-refractivity contribution in [2.75, 3.05) is 13.2 Å². The van der Waals surface area contributed by atoms with Crippen molar-refractivity contribution in [3.63, 3.8) is 0 Å². The Bertz CT molecular complexity index is 222. The third-order valence-electron chi connectivity index (χ3n) is 2.86. The summed E-state index contributed by atoms with van der Waals surface area (Å²) in [5.41, 5.74) is 0. The number of carbonyl (C=O) groups is 1. The van der Waals surface area contributed by atoms with Crippen LogP contribution in [-0.2, 0) is 14.0 Å². The zero-order chi connectivity index (χ0) is 11.1. The van der Waals surface area contributed by atoms with Crippen molar-refractivity contribution in [3.8, 4) is 0 Å². The predicted molar refractivity (Wildman–Crippen MR) is 62.2 cm³/mol. The maximum absolute atomic E-state index is 10.8.